The second-order valence-electron chi connectivity index (χ2n) is 6.87. The van der Waals surface area contributed by atoms with Crippen molar-refractivity contribution in [3.05, 3.63) is 69.6 Å². The van der Waals surface area contributed by atoms with Crippen molar-refractivity contribution in [2.24, 2.45) is 0 Å². The molecular formula is C22H23N3O4. The molecular weight excluding hydrogens is 370 g/mol. The Morgan fingerprint density at radius 2 is 1.83 bits per heavy atom. The second kappa shape index (κ2) is 8.68. The number of hydrogen-bond donors (Lipinski definition) is 1. The van der Waals surface area contributed by atoms with Gasteiger partial charge < -0.3 is 10.1 Å². The molecule has 0 aliphatic rings. The Labute approximate surface area is 168 Å². The third-order valence-corrected chi connectivity index (χ3v) is 4.50. The first-order chi connectivity index (χ1) is 13.9. The lowest BCUT2D eigenvalue weighted by Gasteiger charge is -2.11. The third-order valence-electron chi connectivity index (χ3n) is 4.50. The molecule has 0 spiro atoms. The SMILES string of the molecule is CCCn1nc(C(=O)OCC(=O)Nc2cc(C)ccc2C)c2ccccc2c1=O. The molecule has 3 aromatic rings. The summed E-state index contributed by atoms with van der Waals surface area (Å²) in [6.45, 7) is 5.66. The summed E-state index contributed by atoms with van der Waals surface area (Å²) in [5.41, 5.74) is 2.36. The van der Waals surface area contributed by atoms with E-state index < -0.39 is 18.5 Å². The van der Waals surface area contributed by atoms with E-state index in [0.29, 0.717) is 29.4 Å². The molecule has 0 saturated carbocycles. The molecule has 150 valence electrons. The molecule has 1 N–H and O–H groups in total. The number of anilines is 1. The molecule has 29 heavy (non-hydrogen) atoms. The van der Waals surface area contributed by atoms with E-state index in [2.05, 4.69) is 10.4 Å². The minimum atomic E-state index is -0.748. The number of nitrogens with one attached hydrogen (secondary N) is 1. The maximum Gasteiger partial charge on any atom is 0.359 e. The average Bonchev–Trinajstić information content (AvgIpc) is 2.71. The summed E-state index contributed by atoms with van der Waals surface area (Å²) in [6.07, 6.45) is 0.692. The van der Waals surface area contributed by atoms with Crippen LogP contribution < -0.4 is 10.9 Å². The number of hydrogen-bond acceptors (Lipinski definition) is 5. The molecule has 1 heterocycles. The summed E-state index contributed by atoms with van der Waals surface area (Å²) in [6, 6.07) is 12.5. The highest BCUT2D eigenvalue weighted by Gasteiger charge is 2.19. The highest BCUT2D eigenvalue weighted by molar-refractivity contribution is 6.03. The number of aryl methyl sites for hydroxylation is 3. The van der Waals surface area contributed by atoms with Gasteiger partial charge in [-0.3, -0.25) is 9.59 Å². The Balaban J connectivity index is 1.79. The van der Waals surface area contributed by atoms with Crippen molar-refractivity contribution in [2.75, 3.05) is 11.9 Å². The highest BCUT2D eigenvalue weighted by atomic mass is 16.5. The summed E-state index contributed by atoms with van der Waals surface area (Å²) in [4.78, 5) is 37.4. The number of aromatic nitrogens is 2. The zero-order chi connectivity index (χ0) is 21.0. The molecule has 0 fully saturated rings. The van der Waals surface area contributed by atoms with Gasteiger partial charge in [0.15, 0.2) is 12.3 Å². The van der Waals surface area contributed by atoms with Crippen molar-refractivity contribution in [1.82, 2.24) is 9.78 Å². The summed E-state index contributed by atoms with van der Waals surface area (Å²) in [5.74, 6) is -1.19. The van der Waals surface area contributed by atoms with Gasteiger partial charge in [-0.15, -0.1) is 0 Å². The maximum atomic E-state index is 12.6. The van der Waals surface area contributed by atoms with Crippen molar-refractivity contribution in [1.29, 1.82) is 0 Å². The first-order valence-corrected chi connectivity index (χ1v) is 9.44. The number of rotatable bonds is 6. The number of esters is 1. The predicted molar refractivity (Wildman–Crippen MR) is 111 cm³/mol. The molecule has 0 atom stereocenters. The van der Waals surface area contributed by atoms with Crippen molar-refractivity contribution in [3.63, 3.8) is 0 Å². The molecule has 2 aromatic carbocycles. The minimum Gasteiger partial charge on any atom is -0.451 e. The van der Waals surface area contributed by atoms with E-state index in [1.807, 2.05) is 39.0 Å². The monoisotopic (exact) mass is 393 g/mol. The lowest BCUT2D eigenvalue weighted by molar-refractivity contribution is -0.119. The molecule has 0 aliphatic heterocycles. The van der Waals surface area contributed by atoms with Gasteiger partial charge in [-0.1, -0.05) is 37.3 Å². The smallest absolute Gasteiger partial charge is 0.359 e. The van der Waals surface area contributed by atoms with Crippen molar-refractivity contribution < 1.29 is 14.3 Å². The van der Waals surface area contributed by atoms with Gasteiger partial charge in [0.25, 0.3) is 11.5 Å². The fraction of sp³-hybridized carbons (Fsp3) is 0.273. The summed E-state index contributed by atoms with van der Waals surface area (Å²) in [7, 11) is 0. The fourth-order valence-corrected chi connectivity index (χ4v) is 3.01. The lowest BCUT2D eigenvalue weighted by atomic mass is 10.1. The van der Waals surface area contributed by atoms with Crippen LogP contribution in [0.5, 0.6) is 0 Å². The van der Waals surface area contributed by atoms with E-state index in [9.17, 15) is 14.4 Å². The Hall–Kier alpha value is -3.48. The molecule has 7 heteroatoms. The van der Waals surface area contributed by atoms with Crippen LogP contribution in [-0.2, 0) is 16.1 Å². The number of carbonyl (C=O) groups is 2. The number of carbonyl (C=O) groups excluding carboxylic acids is 2. The van der Waals surface area contributed by atoms with E-state index in [1.165, 1.54) is 4.68 Å². The third kappa shape index (κ3) is 4.51. The predicted octanol–water partition coefficient (Wildman–Crippen LogP) is 3.22. The normalized spacial score (nSPS) is 10.7. The van der Waals surface area contributed by atoms with Crippen molar-refractivity contribution in [2.45, 2.75) is 33.7 Å². The Bertz CT molecular complexity index is 1130. The molecule has 0 saturated heterocycles. The largest absolute Gasteiger partial charge is 0.451 e. The van der Waals surface area contributed by atoms with Crippen LogP contribution in [0.2, 0.25) is 0 Å². The van der Waals surface area contributed by atoms with Crippen LogP contribution in [0.4, 0.5) is 5.69 Å². The first kappa shape index (κ1) is 20.3. The summed E-state index contributed by atoms with van der Waals surface area (Å²) in [5, 5.41) is 7.72. The van der Waals surface area contributed by atoms with E-state index in [1.54, 1.807) is 24.3 Å². The summed E-state index contributed by atoms with van der Waals surface area (Å²) >= 11 is 0. The van der Waals surface area contributed by atoms with Crippen LogP contribution in [-0.4, -0.2) is 28.3 Å². The zero-order valence-electron chi connectivity index (χ0n) is 16.7. The number of benzene rings is 2. The Kier molecular flexibility index (Phi) is 6.07. The van der Waals surface area contributed by atoms with Gasteiger partial charge in [0, 0.05) is 17.6 Å². The number of nitrogens with zero attached hydrogens (tertiary/aromatic N) is 2. The van der Waals surface area contributed by atoms with Crippen LogP contribution in [0.1, 0.15) is 35.0 Å². The van der Waals surface area contributed by atoms with E-state index in [0.717, 1.165) is 11.1 Å². The van der Waals surface area contributed by atoms with Gasteiger partial charge in [-0.25, -0.2) is 9.48 Å². The van der Waals surface area contributed by atoms with Gasteiger partial charge in [0.1, 0.15) is 0 Å². The molecule has 3 rings (SSSR count). The quantitative estimate of drug-likeness (QED) is 0.650. The van der Waals surface area contributed by atoms with E-state index in [4.69, 9.17) is 4.74 Å². The lowest BCUT2D eigenvalue weighted by Crippen LogP contribution is -2.27. The maximum absolute atomic E-state index is 12.6. The second-order valence-corrected chi connectivity index (χ2v) is 6.87. The molecule has 0 radical (unpaired) electrons. The molecule has 1 aromatic heterocycles. The molecule has 0 bridgehead atoms. The van der Waals surface area contributed by atoms with Crippen molar-refractivity contribution in [3.8, 4) is 0 Å². The first-order valence-electron chi connectivity index (χ1n) is 9.44. The van der Waals surface area contributed by atoms with Crippen LogP contribution in [0.15, 0.2) is 47.3 Å². The fourth-order valence-electron chi connectivity index (χ4n) is 3.01. The van der Waals surface area contributed by atoms with Gasteiger partial charge >= 0.3 is 5.97 Å². The van der Waals surface area contributed by atoms with Gasteiger partial charge in [0.05, 0.1) is 5.39 Å². The standard InChI is InChI=1S/C22H23N3O4/c1-4-11-25-21(27)17-8-6-5-7-16(17)20(24-25)22(28)29-13-19(26)23-18-12-14(2)9-10-15(18)3/h5-10,12H,4,11,13H2,1-3H3,(H,23,26). The number of ether oxygens (including phenoxy) is 1. The van der Waals surface area contributed by atoms with Gasteiger partial charge in [0.2, 0.25) is 0 Å². The highest BCUT2D eigenvalue weighted by Crippen LogP contribution is 2.17. The van der Waals surface area contributed by atoms with Crippen LogP contribution >= 0.6 is 0 Å². The number of fused-ring (bicyclic) bond motifs is 1. The Morgan fingerprint density at radius 3 is 2.55 bits per heavy atom. The average molecular weight is 393 g/mol. The van der Waals surface area contributed by atoms with Crippen LogP contribution in [0.3, 0.4) is 0 Å². The van der Waals surface area contributed by atoms with Crippen LogP contribution in [0.25, 0.3) is 10.8 Å². The number of amides is 1. The van der Waals surface area contributed by atoms with E-state index >= 15 is 0 Å². The van der Waals surface area contributed by atoms with Crippen LogP contribution in [0, 0.1) is 13.8 Å². The zero-order valence-corrected chi connectivity index (χ0v) is 16.7. The molecule has 0 unspecified atom stereocenters. The minimum absolute atomic E-state index is 0.0215. The molecule has 1 amide bonds. The molecule has 7 nitrogen and oxygen atoms in total. The summed E-state index contributed by atoms with van der Waals surface area (Å²) < 4.78 is 6.44. The van der Waals surface area contributed by atoms with Gasteiger partial charge in [-0.2, -0.15) is 5.10 Å². The Morgan fingerprint density at radius 1 is 1.10 bits per heavy atom. The molecule has 0 aliphatic carbocycles. The topological polar surface area (TPSA) is 90.3 Å². The van der Waals surface area contributed by atoms with Crippen molar-refractivity contribution >= 4 is 28.3 Å². The van der Waals surface area contributed by atoms with E-state index in [-0.39, 0.29) is 11.3 Å². The van der Waals surface area contributed by atoms with Gasteiger partial charge in [-0.05, 0) is 43.5 Å².